The van der Waals surface area contributed by atoms with Gasteiger partial charge in [-0.25, -0.2) is 0 Å². The molecular weight excluding hydrogens is 188 g/mol. The summed E-state index contributed by atoms with van der Waals surface area (Å²) in [7, 11) is 0. The number of rotatable bonds is 4. The Balaban J connectivity index is 2.16. The maximum atomic E-state index is 11.4. The van der Waals surface area contributed by atoms with Crippen molar-refractivity contribution < 1.29 is 4.79 Å². The van der Waals surface area contributed by atoms with Crippen molar-refractivity contribution in [3.63, 3.8) is 0 Å². The average Bonchev–Trinajstić information content (AvgIpc) is 2.26. The third-order valence-electron chi connectivity index (χ3n) is 3.39. The van der Waals surface area contributed by atoms with Gasteiger partial charge < -0.3 is 11.1 Å². The van der Waals surface area contributed by atoms with E-state index in [1.807, 2.05) is 13.8 Å². The lowest BCUT2D eigenvalue weighted by molar-refractivity contribution is -0.124. The lowest BCUT2D eigenvalue weighted by Crippen LogP contribution is -2.34. The minimum atomic E-state index is 0.102. The highest BCUT2D eigenvalue weighted by Crippen LogP contribution is 2.27. The van der Waals surface area contributed by atoms with E-state index in [1.165, 1.54) is 25.7 Å². The van der Waals surface area contributed by atoms with Crippen molar-refractivity contribution in [1.29, 1.82) is 0 Å². The van der Waals surface area contributed by atoms with Crippen molar-refractivity contribution in [2.75, 3.05) is 13.1 Å². The molecule has 0 atom stereocenters. The SMILES string of the molecule is CC(C)C(=O)NCC1CCC(CN)CC1. The van der Waals surface area contributed by atoms with Gasteiger partial charge in [0.05, 0.1) is 0 Å². The van der Waals surface area contributed by atoms with Gasteiger partial charge in [0.2, 0.25) is 5.91 Å². The lowest BCUT2D eigenvalue weighted by atomic mass is 9.82. The summed E-state index contributed by atoms with van der Waals surface area (Å²) in [6.07, 6.45) is 4.91. The van der Waals surface area contributed by atoms with Gasteiger partial charge in [-0.3, -0.25) is 4.79 Å². The summed E-state index contributed by atoms with van der Waals surface area (Å²) < 4.78 is 0. The summed E-state index contributed by atoms with van der Waals surface area (Å²) in [4.78, 5) is 11.4. The molecule has 0 aromatic carbocycles. The van der Waals surface area contributed by atoms with Gasteiger partial charge in [0.1, 0.15) is 0 Å². The molecular formula is C12H24N2O. The Morgan fingerprint density at radius 1 is 1.27 bits per heavy atom. The molecule has 0 radical (unpaired) electrons. The number of amides is 1. The van der Waals surface area contributed by atoms with E-state index in [0.29, 0.717) is 5.92 Å². The molecule has 0 bridgehead atoms. The molecule has 1 amide bonds. The van der Waals surface area contributed by atoms with Crippen molar-refractivity contribution >= 4 is 5.91 Å². The standard InChI is InChI=1S/C12H24N2O/c1-9(2)12(15)14-8-11-5-3-10(7-13)4-6-11/h9-11H,3-8,13H2,1-2H3,(H,14,15). The Bertz CT molecular complexity index is 196. The number of nitrogens with one attached hydrogen (secondary N) is 1. The molecule has 3 nitrogen and oxygen atoms in total. The summed E-state index contributed by atoms with van der Waals surface area (Å²) in [5, 5.41) is 3.01. The summed E-state index contributed by atoms with van der Waals surface area (Å²) in [6.45, 7) is 5.54. The van der Waals surface area contributed by atoms with E-state index < -0.39 is 0 Å². The molecule has 0 saturated heterocycles. The third kappa shape index (κ3) is 4.20. The average molecular weight is 212 g/mol. The number of hydrogen-bond acceptors (Lipinski definition) is 2. The highest BCUT2D eigenvalue weighted by atomic mass is 16.1. The van der Waals surface area contributed by atoms with Gasteiger partial charge in [-0.05, 0) is 44.1 Å². The molecule has 0 heterocycles. The summed E-state index contributed by atoms with van der Waals surface area (Å²) in [5.41, 5.74) is 5.64. The molecule has 15 heavy (non-hydrogen) atoms. The Hall–Kier alpha value is -0.570. The second-order valence-corrected chi connectivity index (χ2v) is 5.02. The van der Waals surface area contributed by atoms with E-state index >= 15 is 0 Å². The van der Waals surface area contributed by atoms with E-state index in [1.54, 1.807) is 0 Å². The highest BCUT2D eigenvalue weighted by Gasteiger charge is 2.20. The Labute approximate surface area is 92.8 Å². The maximum absolute atomic E-state index is 11.4. The van der Waals surface area contributed by atoms with Gasteiger partial charge in [-0.2, -0.15) is 0 Å². The number of carbonyl (C=O) groups is 1. The van der Waals surface area contributed by atoms with Crippen LogP contribution in [0.15, 0.2) is 0 Å². The van der Waals surface area contributed by atoms with Crippen LogP contribution in [0.25, 0.3) is 0 Å². The van der Waals surface area contributed by atoms with E-state index in [-0.39, 0.29) is 11.8 Å². The van der Waals surface area contributed by atoms with E-state index in [0.717, 1.165) is 19.0 Å². The van der Waals surface area contributed by atoms with Crippen LogP contribution in [0, 0.1) is 17.8 Å². The molecule has 3 heteroatoms. The van der Waals surface area contributed by atoms with Gasteiger partial charge in [0.25, 0.3) is 0 Å². The molecule has 0 spiro atoms. The molecule has 0 aromatic heterocycles. The monoisotopic (exact) mass is 212 g/mol. The largest absolute Gasteiger partial charge is 0.356 e. The van der Waals surface area contributed by atoms with E-state index in [4.69, 9.17) is 5.73 Å². The molecule has 0 unspecified atom stereocenters. The fourth-order valence-corrected chi connectivity index (χ4v) is 2.12. The summed E-state index contributed by atoms with van der Waals surface area (Å²) >= 11 is 0. The van der Waals surface area contributed by atoms with E-state index in [9.17, 15) is 4.79 Å². The molecule has 3 N–H and O–H groups in total. The Morgan fingerprint density at radius 2 is 1.80 bits per heavy atom. The maximum Gasteiger partial charge on any atom is 0.222 e. The molecule has 1 saturated carbocycles. The van der Waals surface area contributed by atoms with Crippen LogP contribution >= 0.6 is 0 Å². The molecule has 0 aromatic rings. The second-order valence-electron chi connectivity index (χ2n) is 5.02. The van der Waals surface area contributed by atoms with Crippen LogP contribution in [0.2, 0.25) is 0 Å². The minimum absolute atomic E-state index is 0.102. The van der Waals surface area contributed by atoms with Crippen LogP contribution < -0.4 is 11.1 Å². The van der Waals surface area contributed by atoms with Gasteiger partial charge in [0, 0.05) is 12.5 Å². The zero-order valence-electron chi connectivity index (χ0n) is 9.96. The number of nitrogens with two attached hydrogens (primary N) is 1. The van der Waals surface area contributed by atoms with Crippen LogP contribution in [0.3, 0.4) is 0 Å². The van der Waals surface area contributed by atoms with Gasteiger partial charge in [0.15, 0.2) is 0 Å². The van der Waals surface area contributed by atoms with Gasteiger partial charge in [-0.1, -0.05) is 13.8 Å². The highest BCUT2D eigenvalue weighted by molar-refractivity contribution is 5.77. The van der Waals surface area contributed by atoms with Crippen LogP contribution in [0.5, 0.6) is 0 Å². The summed E-state index contributed by atoms with van der Waals surface area (Å²) in [6, 6.07) is 0. The molecule has 1 aliphatic rings. The Kier molecular flexibility index (Phi) is 5.09. The number of carbonyl (C=O) groups excluding carboxylic acids is 1. The van der Waals surface area contributed by atoms with Crippen molar-refractivity contribution in [1.82, 2.24) is 5.32 Å². The van der Waals surface area contributed by atoms with Crippen molar-refractivity contribution in [3.05, 3.63) is 0 Å². The number of hydrogen-bond donors (Lipinski definition) is 2. The zero-order valence-corrected chi connectivity index (χ0v) is 9.96. The molecule has 1 rings (SSSR count). The fraction of sp³-hybridized carbons (Fsp3) is 0.917. The minimum Gasteiger partial charge on any atom is -0.356 e. The van der Waals surface area contributed by atoms with E-state index in [2.05, 4.69) is 5.32 Å². The van der Waals surface area contributed by atoms with Crippen LogP contribution in [0.4, 0.5) is 0 Å². The fourth-order valence-electron chi connectivity index (χ4n) is 2.12. The van der Waals surface area contributed by atoms with Gasteiger partial charge >= 0.3 is 0 Å². The quantitative estimate of drug-likeness (QED) is 0.742. The first-order valence-electron chi connectivity index (χ1n) is 6.11. The molecule has 1 fully saturated rings. The third-order valence-corrected chi connectivity index (χ3v) is 3.39. The topological polar surface area (TPSA) is 55.1 Å². The van der Waals surface area contributed by atoms with Gasteiger partial charge in [-0.15, -0.1) is 0 Å². The van der Waals surface area contributed by atoms with Crippen LogP contribution in [-0.2, 0) is 4.79 Å². The summed E-state index contributed by atoms with van der Waals surface area (Å²) in [5.74, 6) is 1.68. The normalized spacial score (nSPS) is 26.7. The Morgan fingerprint density at radius 3 is 2.27 bits per heavy atom. The molecule has 0 aliphatic heterocycles. The first kappa shape index (κ1) is 12.5. The van der Waals surface area contributed by atoms with Crippen molar-refractivity contribution in [2.24, 2.45) is 23.5 Å². The predicted octanol–water partition coefficient (Wildman–Crippen LogP) is 1.52. The first-order valence-corrected chi connectivity index (χ1v) is 6.11. The smallest absolute Gasteiger partial charge is 0.222 e. The van der Waals surface area contributed by atoms with Crippen molar-refractivity contribution in [2.45, 2.75) is 39.5 Å². The van der Waals surface area contributed by atoms with Crippen molar-refractivity contribution in [3.8, 4) is 0 Å². The predicted molar refractivity (Wildman–Crippen MR) is 62.4 cm³/mol. The van der Waals surface area contributed by atoms with Crippen LogP contribution in [0.1, 0.15) is 39.5 Å². The molecule has 1 aliphatic carbocycles. The molecule has 88 valence electrons. The zero-order chi connectivity index (χ0) is 11.3. The lowest BCUT2D eigenvalue weighted by Gasteiger charge is -2.27. The first-order chi connectivity index (χ1) is 7.13. The van der Waals surface area contributed by atoms with Crippen LogP contribution in [-0.4, -0.2) is 19.0 Å². The second kappa shape index (κ2) is 6.11.